The molecule has 10 nitrogen and oxygen atoms in total. The Morgan fingerprint density at radius 3 is 2.77 bits per heavy atom. The van der Waals surface area contributed by atoms with Gasteiger partial charge in [-0.2, -0.15) is 5.26 Å². The first-order valence-corrected chi connectivity index (χ1v) is 9.43. The molecule has 2 aliphatic rings. The maximum atomic E-state index is 12.2. The zero-order valence-corrected chi connectivity index (χ0v) is 16.1. The van der Waals surface area contributed by atoms with Crippen molar-refractivity contribution in [3.8, 4) is 6.07 Å². The number of carboxylic acids is 1. The van der Waals surface area contributed by atoms with Gasteiger partial charge in [-0.3, -0.25) is 19.8 Å². The Hall–Kier alpha value is -3.87. The van der Waals surface area contributed by atoms with Crippen molar-refractivity contribution in [2.24, 2.45) is 11.7 Å². The average Bonchev–Trinajstić information content (AvgIpc) is 3.46. The molecule has 0 aromatic heterocycles. The topological polar surface area (TPSA) is 172 Å². The third-order valence-electron chi connectivity index (χ3n) is 5.06. The van der Waals surface area contributed by atoms with Crippen LogP contribution in [0.15, 0.2) is 30.0 Å². The van der Waals surface area contributed by atoms with Crippen molar-refractivity contribution in [2.45, 2.75) is 31.8 Å². The van der Waals surface area contributed by atoms with Crippen LogP contribution in [0.3, 0.4) is 0 Å². The largest absolute Gasteiger partial charge is 0.480 e. The van der Waals surface area contributed by atoms with Crippen LogP contribution in [0.25, 0.3) is 0 Å². The number of anilines is 1. The molecule has 30 heavy (non-hydrogen) atoms. The summed E-state index contributed by atoms with van der Waals surface area (Å²) in [7, 11) is 0. The van der Waals surface area contributed by atoms with Crippen molar-refractivity contribution in [3.05, 3.63) is 41.1 Å². The van der Waals surface area contributed by atoms with E-state index in [2.05, 4.69) is 16.7 Å². The second-order valence-electron chi connectivity index (χ2n) is 7.32. The molecule has 1 aromatic rings. The fraction of sp³-hybridized carbons (Fsp3) is 0.350. The molecule has 1 aliphatic heterocycles. The highest BCUT2D eigenvalue weighted by molar-refractivity contribution is 6.23. The van der Waals surface area contributed by atoms with Crippen LogP contribution < -0.4 is 16.4 Å². The lowest BCUT2D eigenvalue weighted by molar-refractivity contribution is -0.137. The van der Waals surface area contributed by atoms with Gasteiger partial charge in [0, 0.05) is 30.0 Å². The van der Waals surface area contributed by atoms with Gasteiger partial charge in [0.25, 0.3) is 11.8 Å². The highest BCUT2D eigenvalue weighted by Crippen LogP contribution is 2.34. The maximum absolute atomic E-state index is 12.2. The van der Waals surface area contributed by atoms with E-state index >= 15 is 0 Å². The van der Waals surface area contributed by atoms with Crippen LogP contribution in [-0.4, -0.2) is 46.2 Å². The molecule has 2 amide bonds. The number of nitrogens with zero attached hydrogens (tertiary/aromatic N) is 2. The number of fused-ring (bicyclic) bond motifs is 1. The highest BCUT2D eigenvalue weighted by atomic mass is 16.4. The summed E-state index contributed by atoms with van der Waals surface area (Å²) < 4.78 is 0. The number of rotatable bonds is 9. The minimum atomic E-state index is -1.10. The number of primary amides is 1. The first kappa shape index (κ1) is 20.9. The summed E-state index contributed by atoms with van der Waals surface area (Å²) in [5, 5.41) is 31.9. The van der Waals surface area contributed by atoms with Crippen molar-refractivity contribution in [3.63, 3.8) is 0 Å². The van der Waals surface area contributed by atoms with Crippen LogP contribution in [0.5, 0.6) is 0 Å². The molecule has 156 valence electrons. The molecule has 0 bridgehead atoms. The summed E-state index contributed by atoms with van der Waals surface area (Å²) in [6.45, 7) is -0.238. The SMILES string of the molecule is N#CCC(N/C=C(\C(=N)Nc1ccc2c(c1)CN(CC(=O)O)C2=O)C(N)=O)C1CC1. The van der Waals surface area contributed by atoms with E-state index in [1.165, 1.54) is 11.1 Å². The van der Waals surface area contributed by atoms with Crippen molar-refractivity contribution in [2.75, 3.05) is 11.9 Å². The Morgan fingerprint density at radius 2 is 2.17 bits per heavy atom. The fourth-order valence-electron chi connectivity index (χ4n) is 3.38. The van der Waals surface area contributed by atoms with Crippen LogP contribution in [0.2, 0.25) is 0 Å². The first-order chi connectivity index (χ1) is 14.3. The molecule has 3 rings (SSSR count). The van der Waals surface area contributed by atoms with Crippen LogP contribution in [0, 0.1) is 22.7 Å². The summed E-state index contributed by atoms with van der Waals surface area (Å²) in [5.41, 5.74) is 6.85. The average molecular weight is 410 g/mol. The normalized spacial score (nSPS) is 16.4. The number of aliphatic carboxylic acids is 1. The van der Waals surface area contributed by atoms with E-state index in [1.807, 2.05) is 0 Å². The number of nitrogens with two attached hydrogens (primary N) is 1. The minimum Gasteiger partial charge on any atom is -0.480 e. The number of hydrogen-bond acceptors (Lipinski definition) is 6. The number of hydrogen-bond donors (Lipinski definition) is 5. The molecular formula is C20H22N6O4. The lowest BCUT2D eigenvalue weighted by atomic mass is 10.1. The van der Waals surface area contributed by atoms with Gasteiger partial charge in [0.15, 0.2) is 0 Å². The van der Waals surface area contributed by atoms with Crippen molar-refractivity contribution < 1.29 is 19.5 Å². The molecule has 1 aromatic carbocycles. The Bertz CT molecular complexity index is 976. The summed E-state index contributed by atoms with van der Waals surface area (Å²) in [6.07, 6.45) is 3.69. The molecule has 1 aliphatic carbocycles. The Balaban J connectivity index is 1.71. The first-order valence-electron chi connectivity index (χ1n) is 9.43. The molecule has 1 saturated carbocycles. The summed E-state index contributed by atoms with van der Waals surface area (Å²) in [4.78, 5) is 36.2. The number of nitriles is 1. The molecule has 1 atom stereocenters. The smallest absolute Gasteiger partial charge is 0.323 e. The number of nitrogens with one attached hydrogen (secondary N) is 3. The number of carbonyl (C=O) groups excluding carboxylic acids is 2. The molecule has 10 heteroatoms. The zero-order chi connectivity index (χ0) is 21.8. The van der Waals surface area contributed by atoms with Gasteiger partial charge in [0.2, 0.25) is 0 Å². The number of carbonyl (C=O) groups is 3. The van der Waals surface area contributed by atoms with Gasteiger partial charge in [-0.15, -0.1) is 0 Å². The molecule has 1 fully saturated rings. The van der Waals surface area contributed by atoms with Gasteiger partial charge < -0.3 is 26.4 Å². The van der Waals surface area contributed by atoms with Crippen molar-refractivity contribution >= 4 is 29.3 Å². The van der Waals surface area contributed by atoms with Crippen LogP contribution in [0.4, 0.5) is 5.69 Å². The third-order valence-corrected chi connectivity index (χ3v) is 5.06. The summed E-state index contributed by atoms with van der Waals surface area (Å²) >= 11 is 0. The predicted molar refractivity (Wildman–Crippen MR) is 107 cm³/mol. The van der Waals surface area contributed by atoms with Gasteiger partial charge >= 0.3 is 5.97 Å². The standard InChI is InChI=1S/C20H22N6O4/c21-6-5-16(11-1-2-11)24-8-15(19(23)29)18(22)25-13-3-4-14-12(7-13)9-26(20(14)30)10-17(27)28/h3-4,7-8,11,16,24H,1-2,5,9-10H2,(H2,22,25)(H2,23,29)(H,27,28)/b15-8+. The van der Waals surface area contributed by atoms with Crippen LogP contribution in [0.1, 0.15) is 35.2 Å². The molecule has 6 N–H and O–H groups in total. The van der Waals surface area contributed by atoms with Crippen molar-refractivity contribution in [1.82, 2.24) is 10.2 Å². The monoisotopic (exact) mass is 410 g/mol. The molecule has 0 radical (unpaired) electrons. The van der Waals surface area contributed by atoms with E-state index in [0.717, 1.165) is 12.8 Å². The fourth-order valence-corrected chi connectivity index (χ4v) is 3.38. The summed E-state index contributed by atoms with van der Waals surface area (Å²) in [5.74, 6) is -2.11. The van der Waals surface area contributed by atoms with E-state index in [0.29, 0.717) is 29.2 Å². The third kappa shape index (κ3) is 4.75. The van der Waals surface area contributed by atoms with E-state index in [-0.39, 0.29) is 29.9 Å². The van der Waals surface area contributed by atoms with Crippen LogP contribution >= 0.6 is 0 Å². The van der Waals surface area contributed by atoms with Gasteiger partial charge in [-0.05, 0) is 42.5 Å². The lowest BCUT2D eigenvalue weighted by Crippen LogP contribution is -2.31. The Labute approximate surface area is 172 Å². The van der Waals surface area contributed by atoms with E-state index in [4.69, 9.17) is 21.5 Å². The Morgan fingerprint density at radius 1 is 1.43 bits per heavy atom. The number of benzene rings is 1. The van der Waals surface area contributed by atoms with Crippen molar-refractivity contribution in [1.29, 1.82) is 10.7 Å². The van der Waals surface area contributed by atoms with Gasteiger partial charge in [-0.25, -0.2) is 0 Å². The number of amides is 2. The van der Waals surface area contributed by atoms with E-state index in [9.17, 15) is 14.4 Å². The minimum absolute atomic E-state index is 0.0670. The molecular weight excluding hydrogens is 388 g/mol. The highest BCUT2D eigenvalue weighted by Gasteiger charge is 2.31. The second kappa shape index (κ2) is 8.65. The summed E-state index contributed by atoms with van der Waals surface area (Å²) in [6, 6.07) is 6.78. The predicted octanol–water partition coefficient (Wildman–Crippen LogP) is 0.767. The Kier molecular flexibility index (Phi) is 6.01. The van der Waals surface area contributed by atoms with Crippen LogP contribution in [-0.2, 0) is 16.1 Å². The quantitative estimate of drug-likeness (QED) is 0.227. The van der Waals surface area contributed by atoms with Gasteiger partial charge in [0.05, 0.1) is 18.1 Å². The molecule has 1 unspecified atom stereocenters. The van der Waals surface area contributed by atoms with E-state index in [1.54, 1.807) is 18.2 Å². The molecule has 1 heterocycles. The van der Waals surface area contributed by atoms with E-state index < -0.39 is 18.4 Å². The van der Waals surface area contributed by atoms with Gasteiger partial charge in [0.1, 0.15) is 12.4 Å². The molecule has 0 spiro atoms. The second-order valence-corrected chi connectivity index (χ2v) is 7.32. The molecule has 0 saturated heterocycles. The maximum Gasteiger partial charge on any atom is 0.323 e. The number of carboxylic acid groups (broad SMARTS) is 1. The van der Waals surface area contributed by atoms with Gasteiger partial charge in [-0.1, -0.05) is 0 Å². The zero-order valence-electron chi connectivity index (χ0n) is 16.1. The number of amidine groups is 1. The lowest BCUT2D eigenvalue weighted by Gasteiger charge is -2.15.